The zero-order valence-electron chi connectivity index (χ0n) is 14.7. The Balaban J connectivity index is 2.23. The van der Waals surface area contributed by atoms with Gasteiger partial charge in [-0.05, 0) is 51.6 Å². The molecule has 124 valence electrons. The number of hydrogen-bond acceptors (Lipinski definition) is 2. The summed E-state index contributed by atoms with van der Waals surface area (Å²) in [5, 5.41) is 0. The Bertz CT molecular complexity index is 705. The fourth-order valence-electron chi connectivity index (χ4n) is 5.39. The Labute approximate surface area is 147 Å². The highest BCUT2D eigenvalue weighted by atomic mass is 79.9. The highest BCUT2D eigenvalue weighted by Crippen LogP contribution is 2.65. The molecule has 0 aromatic carbocycles. The third kappa shape index (κ3) is 2.05. The van der Waals surface area contributed by atoms with Crippen molar-refractivity contribution in [2.45, 2.75) is 53.9 Å². The summed E-state index contributed by atoms with van der Waals surface area (Å²) in [6.45, 7) is 14.9. The standard InChI is InChI=1S/C20H25BrO2/c1-10(2)12-15(21)17(23)14-13(16(12)22)11(3)18-19(4,5)8-7-9-20(14,18)6/h10,18H,3,7-9H2,1-2,4-6H3/t18-,20+/m0/s1. The molecule has 0 bridgehead atoms. The van der Waals surface area contributed by atoms with Gasteiger partial charge in [0.1, 0.15) is 0 Å². The highest BCUT2D eigenvalue weighted by molar-refractivity contribution is 9.12. The Hall–Kier alpha value is -0.960. The topological polar surface area (TPSA) is 34.1 Å². The molecular formula is C20H25BrO2. The van der Waals surface area contributed by atoms with E-state index in [4.69, 9.17) is 0 Å². The van der Waals surface area contributed by atoms with Gasteiger partial charge < -0.3 is 0 Å². The third-order valence-corrected chi connectivity index (χ3v) is 6.93. The zero-order chi connectivity index (χ0) is 17.3. The summed E-state index contributed by atoms with van der Waals surface area (Å²) >= 11 is 3.43. The molecule has 3 rings (SSSR count). The quantitative estimate of drug-likeness (QED) is 0.593. The lowest BCUT2D eigenvalue weighted by Gasteiger charge is -2.48. The van der Waals surface area contributed by atoms with Crippen molar-refractivity contribution in [3.8, 4) is 0 Å². The maximum absolute atomic E-state index is 13.2. The zero-order valence-corrected chi connectivity index (χ0v) is 16.3. The number of fused-ring (bicyclic) bond motifs is 2. The maximum Gasteiger partial charge on any atom is 0.197 e. The summed E-state index contributed by atoms with van der Waals surface area (Å²) in [5.41, 5.74) is 2.65. The summed E-state index contributed by atoms with van der Waals surface area (Å²) in [6, 6.07) is 0. The van der Waals surface area contributed by atoms with Crippen molar-refractivity contribution in [1.82, 2.24) is 0 Å². The Morgan fingerprint density at radius 2 is 1.74 bits per heavy atom. The molecule has 3 aliphatic carbocycles. The molecule has 1 saturated carbocycles. The first-order chi connectivity index (χ1) is 10.5. The van der Waals surface area contributed by atoms with Gasteiger partial charge in [-0.25, -0.2) is 0 Å². The van der Waals surface area contributed by atoms with Crippen LogP contribution in [0.25, 0.3) is 0 Å². The Kier molecular flexibility index (Phi) is 3.68. The predicted octanol–water partition coefficient (Wildman–Crippen LogP) is 5.14. The molecule has 3 heteroatoms. The van der Waals surface area contributed by atoms with Crippen LogP contribution in [0.2, 0.25) is 0 Å². The number of hydrogen-bond donors (Lipinski definition) is 0. The summed E-state index contributed by atoms with van der Waals surface area (Å²) in [7, 11) is 0. The van der Waals surface area contributed by atoms with Gasteiger partial charge in [0.05, 0.1) is 4.48 Å². The van der Waals surface area contributed by atoms with Crippen LogP contribution in [-0.2, 0) is 9.59 Å². The second kappa shape index (κ2) is 5.02. The van der Waals surface area contributed by atoms with Crippen LogP contribution in [0.3, 0.4) is 0 Å². The minimum Gasteiger partial charge on any atom is -0.289 e. The maximum atomic E-state index is 13.2. The van der Waals surface area contributed by atoms with Crippen LogP contribution < -0.4 is 0 Å². The van der Waals surface area contributed by atoms with Gasteiger partial charge in [-0.1, -0.05) is 47.6 Å². The number of carbonyl (C=O) groups excluding carboxylic acids is 2. The van der Waals surface area contributed by atoms with E-state index in [1.165, 1.54) is 0 Å². The van der Waals surface area contributed by atoms with E-state index >= 15 is 0 Å². The van der Waals surface area contributed by atoms with Crippen molar-refractivity contribution in [1.29, 1.82) is 0 Å². The van der Waals surface area contributed by atoms with Crippen molar-refractivity contribution in [3.63, 3.8) is 0 Å². The molecule has 0 radical (unpaired) electrons. The number of carbonyl (C=O) groups is 2. The van der Waals surface area contributed by atoms with Gasteiger partial charge in [-0.2, -0.15) is 0 Å². The van der Waals surface area contributed by atoms with E-state index in [0.717, 1.165) is 30.4 Å². The average molecular weight is 377 g/mol. The fraction of sp³-hybridized carbons (Fsp3) is 0.600. The molecule has 3 aliphatic rings. The van der Waals surface area contributed by atoms with Gasteiger partial charge >= 0.3 is 0 Å². The monoisotopic (exact) mass is 376 g/mol. The number of rotatable bonds is 1. The van der Waals surface area contributed by atoms with E-state index in [0.29, 0.717) is 15.6 Å². The van der Waals surface area contributed by atoms with Crippen LogP contribution in [-0.4, -0.2) is 11.6 Å². The van der Waals surface area contributed by atoms with Crippen molar-refractivity contribution in [2.75, 3.05) is 0 Å². The average Bonchev–Trinajstić information content (AvgIpc) is 2.65. The first-order valence-electron chi connectivity index (χ1n) is 8.47. The third-order valence-electron chi connectivity index (χ3n) is 6.14. The molecule has 0 aromatic heterocycles. The predicted molar refractivity (Wildman–Crippen MR) is 96.2 cm³/mol. The van der Waals surface area contributed by atoms with Crippen molar-refractivity contribution in [3.05, 3.63) is 33.4 Å². The number of allylic oxidation sites excluding steroid dienone is 5. The summed E-state index contributed by atoms with van der Waals surface area (Å²) in [4.78, 5) is 26.3. The number of Topliss-reactive ketones (excluding diaryl/α,β-unsaturated/α-hetero) is 2. The molecular weight excluding hydrogens is 352 g/mol. The molecule has 0 saturated heterocycles. The second-order valence-electron chi connectivity index (χ2n) is 8.51. The normalized spacial score (nSPS) is 33.5. The lowest BCUT2D eigenvalue weighted by molar-refractivity contribution is -0.117. The van der Waals surface area contributed by atoms with E-state index in [-0.39, 0.29) is 34.2 Å². The van der Waals surface area contributed by atoms with E-state index in [1.54, 1.807) is 0 Å². The van der Waals surface area contributed by atoms with Crippen LogP contribution in [0, 0.1) is 22.7 Å². The Morgan fingerprint density at radius 1 is 1.13 bits per heavy atom. The number of halogens is 1. The van der Waals surface area contributed by atoms with Crippen molar-refractivity contribution < 1.29 is 9.59 Å². The van der Waals surface area contributed by atoms with E-state index < -0.39 is 0 Å². The molecule has 0 unspecified atom stereocenters. The molecule has 0 N–H and O–H groups in total. The van der Waals surface area contributed by atoms with Crippen molar-refractivity contribution in [2.24, 2.45) is 22.7 Å². The van der Waals surface area contributed by atoms with Gasteiger partial charge in [0.25, 0.3) is 0 Å². The van der Waals surface area contributed by atoms with Crippen LogP contribution >= 0.6 is 15.9 Å². The fourth-order valence-corrected chi connectivity index (χ4v) is 6.23. The summed E-state index contributed by atoms with van der Waals surface area (Å²) < 4.78 is 0.467. The molecule has 1 fully saturated rings. The van der Waals surface area contributed by atoms with Crippen LogP contribution in [0.1, 0.15) is 53.9 Å². The molecule has 2 atom stereocenters. The first kappa shape index (κ1) is 16.9. The van der Waals surface area contributed by atoms with Crippen LogP contribution in [0.4, 0.5) is 0 Å². The molecule has 0 heterocycles. The number of ketones is 2. The van der Waals surface area contributed by atoms with Crippen LogP contribution in [0.15, 0.2) is 33.4 Å². The second-order valence-corrected chi connectivity index (χ2v) is 9.30. The SMILES string of the molecule is C=C1C2=C(C(=O)C(Br)=C(C(C)C)C2=O)[C@@]2(C)CCCC(C)(C)[C@H]12. The van der Waals surface area contributed by atoms with Gasteiger partial charge in [0.2, 0.25) is 0 Å². The molecule has 0 aliphatic heterocycles. The smallest absolute Gasteiger partial charge is 0.197 e. The largest absolute Gasteiger partial charge is 0.289 e. The highest BCUT2D eigenvalue weighted by Gasteiger charge is 2.59. The van der Waals surface area contributed by atoms with Crippen LogP contribution in [0.5, 0.6) is 0 Å². The first-order valence-corrected chi connectivity index (χ1v) is 9.26. The van der Waals surface area contributed by atoms with E-state index in [9.17, 15) is 9.59 Å². The minimum atomic E-state index is -0.261. The van der Waals surface area contributed by atoms with Gasteiger partial charge in [0.15, 0.2) is 11.6 Å². The summed E-state index contributed by atoms with van der Waals surface area (Å²) in [6.07, 6.45) is 3.15. The molecule has 0 spiro atoms. The van der Waals surface area contributed by atoms with E-state index in [1.807, 2.05) is 13.8 Å². The molecule has 0 aromatic rings. The minimum absolute atomic E-state index is 0.00662. The molecule has 2 nitrogen and oxygen atoms in total. The van der Waals surface area contributed by atoms with E-state index in [2.05, 4.69) is 43.3 Å². The Morgan fingerprint density at radius 3 is 2.30 bits per heavy atom. The lowest BCUT2D eigenvalue weighted by atomic mass is 9.55. The summed E-state index contributed by atoms with van der Waals surface area (Å²) in [5.74, 6) is 0.213. The van der Waals surface area contributed by atoms with Crippen molar-refractivity contribution >= 4 is 27.5 Å². The van der Waals surface area contributed by atoms with Gasteiger partial charge in [-0.3, -0.25) is 9.59 Å². The van der Waals surface area contributed by atoms with Gasteiger partial charge in [0, 0.05) is 22.1 Å². The lowest BCUT2D eigenvalue weighted by Crippen LogP contribution is -2.42. The molecule has 0 amide bonds. The molecule has 23 heavy (non-hydrogen) atoms. The van der Waals surface area contributed by atoms with Gasteiger partial charge in [-0.15, -0.1) is 0 Å².